The predicted octanol–water partition coefficient (Wildman–Crippen LogP) is 1.21. The van der Waals surface area contributed by atoms with Gasteiger partial charge in [-0.3, -0.25) is 9.59 Å². The van der Waals surface area contributed by atoms with E-state index in [4.69, 9.17) is 0 Å². The highest BCUT2D eigenvalue weighted by Crippen LogP contribution is 2.54. The van der Waals surface area contributed by atoms with Crippen molar-refractivity contribution in [2.75, 3.05) is 6.54 Å². The molecule has 0 aromatic rings. The van der Waals surface area contributed by atoms with Crippen LogP contribution in [0, 0.1) is 0 Å². The Hall–Kier alpha value is -1.27. The average Bonchev–Trinajstić information content (AvgIpc) is 3.05. The van der Waals surface area contributed by atoms with Gasteiger partial charge in [0.05, 0.1) is 0 Å². The Labute approximate surface area is 103 Å². The van der Waals surface area contributed by atoms with Gasteiger partial charge in [0, 0.05) is 13.0 Å². The molecule has 1 N–H and O–H groups in total. The van der Waals surface area contributed by atoms with Crippen LogP contribution in [-0.4, -0.2) is 41.0 Å². The van der Waals surface area contributed by atoms with Crippen LogP contribution in [0.4, 0.5) is 13.2 Å². The van der Waals surface area contributed by atoms with Gasteiger partial charge in [0.2, 0.25) is 11.8 Å². The number of amides is 2. The van der Waals surface area contributed by atoms with E-state index < -0.39 is 23.7 Å². The van der Waals surface area contributed by atoms with Crippen LogP contribution in [-0.2, 0) is 9.59 Å². The molecule has 7 heteroatoms. The molecule has 1 heterocycles. The van der Waals surface area contributed by atoms with E-state index in [1.807, 2.05) is 0 Å². The molecule has 0 spiro atoms. The minimum Gasteiger partial charge on any atom is -0.344 e. The summed E-state index contributed by atoms with van der Waals surface area (Å²) in [4.78, 5) is 24.3. The number of nitrogens with one attached hydrogen (secondary N) is 1. The zero-order chi connectivity index (χ0) is 13.6. The molecule has 2 fully saturated rings. The van der Waals surface area contributed by atoms with E-state index in [1.54, 1.807) is 6.92 Å². The lowest BCUT2D eigenvalue weighted by atomic mass is 10.1. The quantitative estimate of drug-likeness (QED) is 0.815. The van der Waals surface area contributed by atoms with Gasteiger partial charge in [0.1, 0.15) is 11.6 Å². The van der Waals surface area contributed by atoms with Crippen LogP contribution in [0.1, 0.15) is 32.6 Å². The van der Waals surface area contributed by atoms with Crippen LogP contribution in [0.3, 0.4) is 0 Å². The molecule has 1 saturated carbocycles. The van der Waals surface area contributed by atoms with Gasteiger partial charge >= 0.3 is 6.18 Å². The van der Waals surface area contributed by atoms with Crippen LogP contribution >= 0.6 is 0 Å². The Balaban J connectivity index is 2.27. The molecule has 1 aliphatic carbocycles. The molecule has 0 aromatic heterocycles. The molecule has 0 bridgehead atoms. The summed E-state index contributed by atoms with van der Waals surface area (Å²) in [6, 6.07) is -0.833. The van der Waals surface area contributed by atoms with Crippen molar-refractivity contribution in [1.29, 1.82) is 0 Å². The first-order valence-corrected chi connectivity index (χ1v) is 5.99. The highest BCUT2D eigenvalue weighted by Gasteiger charge is 2.68. The van der Waals surface area contributed by atoms with Gasteiger partial charge in [-0.05, 0) is 19.3 Å². The van der Waals surface area contributed by atoms with Gasteiger partial charge in [-0.2, -0.15) is 13.2 Å². The number of hydrogen-bond acceptors (Lipinski definition) is 2. The molecule has 4 nitrogen and oxygen atoms in total. The Morgan fingerprint density at radius 1 is 1.39 bits per heavy atom. The van der Waals surface area contributed by atoms with Gasteiger partial charge in [-0.25, -0.2) is 0 Å². The first-order valence-electron chi connectivity index (χ1n) is 5.99. The van der Waals surface area contributed by atoms with Crippen molar-refractivity contribution in [2.24, 2.45) is 0 Å². The largest absolute Gasteiger partial charge is 0.411 e. The fourth-order valence-electron chi connectivity index (χ4n) is 2.37. The van der Waals surface area contributed by atoms with E-state index in [2.05, 4.69) is 5.32 Å². The van der Waals surface area contributed by atoms with E-state index in [0.29, 0.717) is 6.42 Å². The molecule has 2 aliphatic rings. The molecular formula is C11H15F3N2O2. The van der Waals surface area contributed by atoms with Gasteiger partial charge in [-0.15, -0.1) is 0 Å². The van der Waals surface area contributed by atoms with E-state index in [0.717, 1.165) is 4.90 Å². The third-order valence-corrected chi connectivity index (χ3v) is 3.64. The molecule has 102 valence electrons. The van der Waals surface area contributed by atoms with Crippen LogP contribution in [0.2, 0.25) is 0 Å². The summed E-state index contributed by atoms with van der Waals surface area (Å²) in [5.74, 6) is -0.978. The normalized spacial score (nSPS) is 27.8. The first kappa shape index (κ1) is 13.2. The lowest BCUT2D eigenvalue weighted by Crippen LogP contribution is -2.55. The minimum absolute atomic E-state index is 0.0626. The van der Waals surface area contributed by atoms with Crippen molar-refractivity contribution in [3.63, 3.8) is 0 Å². The molecule has 18 heavy (non-hydrogen) atoms. The Morgan fingerprint density at radius 3 is 2.44 bits per heavy atom. The summed E-state index contributed by atoms with van der Waals surface area (Å²) in [6.07, 6.45) is -4.32. The Morgan fingerprint density at radius 2 is 2.00 bits per heavy atom. The van der Waals surface area contributed by atoms with Gasteiger partial charge in [0.15, 0.2) is 0 Å². The van der Waals surface area contributed by atoms with Crippen molar-refractivity contribution in [2.45, 2.75) is 50.4 Å². The van der Waals surface area contributed by atoms with Crippen molar-refractivity contribution < 1.29 is 22.8 Å². The summed E-state index contributed by atoms with van der Waals surface area (Å²) < 4.78 is 39.0. The number of halogens is 3. The van der Waals surface area contributed by atoms with Crippen LogP contribution in [0.15, 0.2) is 0 Å². The molecule has 2 rings (SSSR count). The maximum atomic E-state index is 13.0. The van der Waals surface area contributed by atoms with E-state index in [-0.39, 0.29) is 31.7 Å². The van der Waals surface area contributed by atoms with Gasteiger partial charge in [0.25, 0.3) is 0 Å². The number of hydrogen-bond donors (Lipinski definition) is 1. The number of nitrogens with zero attached hydrogens (tertiary/aromatic N) is 1. The minimum atomic E-state index is -4.42. The zero-order valence-corrected chi connectivity index (χ0v) is 10.0. The summed E-state index contributed by atoms with van der Waals surface area (Å²) in [7, 11) is 0. The smallest absolute Gasteiger partial charge is 0.344 e. The predicted molar refractivity (Wildman–Crippen MR) is 56.6 cm³/mol. The highest BCUT2D eigenvalue weighted by atomic mass is 19.4. The first-order chi connectivity index (χ1) is 8.32. The third-order valence-electron chi connectivity index (χ3n) is 3.64. The maximum absolute atomic E-state index is 13.0. The lowest BCUT2D eigenvalue weighted by molar-refractivity contribution is -0.200. The third kappa shape index (κ3) is 1.95. The molecule has 0 aromatic carbocycles. The highest BCUT2D eigenvalue weighted by molar-refractivity contribution is 5.90. The fraction of sp³-hybridized carbons (Fsp3) is 0.818. The molecule has 1 unspecified atom stereocenters. The van der Waals surface area contributed by atoms with E-state index in [9.17, 15) is 22.8 Å². The second-order valence-corrected chi connectivity index (χ2v) is 4.80. The molecule has 1 saturated heterocycles. The van der Waals surface area contributed by atoms with Crippen molar-refractivity contribution >= 4 is 11.8 Å². The average molecular weight is 264 g/mol. The zero-order valence-electron chi connectivity index (χ0n) is 10.0. The number of carbonyl (C=O) groups is 2. The van der Waals surface area contributed by atoms with Crippen molar-refractivity contribution in [3.05, 3.63) is 0 Å². The monoisotopic (exact) mass is 264 g/mol. The molecule has 0 radical (unpaired) electrons. The van der Waals surface area contributed by atoms with E-state index >= 15 is 0 Å². The van der Waals surface area contributed by atoms with Gasteiger partial charge in [-0.1, -0.05) is 6.92 Å². The number of rotatable bonds is 2. The Kier molecular flexibility index (Phi) is 3.03. The number of carbonyl (C=O) groups excluding carboxylic acids is 2. The van der Waals surface area contributed by atoms with Crippen LogP contribution in [0.25, 0.3) is 0 Å². The van der Waals surface area contributed by atoms with Crippen LogP contribution in [0.5, 0.6) is 0 Å². The van der Waals surface area contributed by atoms with Crippen molar-refractivity contribution in [1.82, 2.24) is 10.2 Å². The molecule has 1 atom stereocenters. The summed E-state index contributed by atoms with van der Waals surface area (Å²) in [6.45, 7) is 1.51. The second kappa shape index (κ2) is 4.13. The second-order valence-electron chi connectivity index (χ2n) is 4.80. The summed E-state index contributed by atoms with van der Waals surface area (Å²) in [5.41, 5.74) is -2.02. The Bertz CT molecular complexity index is 377. The van der Waals surface area contributed by atoms with Crippen molar-refractivity contribution in [3.8, 4) is 0 Å². The lowest BCUT2D eigenvalue weighted by Gasteiger charge is -2.33. The number of alkyl halides is 3. The van der Waals surface area contributed by atoms with E-state index in [1.165, 1.54) is 0 Å². The SMILES string of the molecule is CCC1NC(=O)CCN(C2(C(F)(F)F)CC2)C1=O. The van der Waals surface area contributed by atoms with Gasteiger partial charge < -0.3 is 10.2 Å². The molecular weight excluding hydrogens is 249 g/mol. The topological polar surface area (TPSA) is 49.4 Å². The standard InChI is InChI=1S/C11H15F3N2O2/c1-2-7-9(18)16(6-3-8(17)15-7)10(4-5-10)11(12,13)14/h7H,2-6H2,1H3,(H,15,17). The maximum Gasteiger partial charge on any atom is 0.411 e. The van der Waals surface area contributed by atoms with Crippen LogP contribution < -0.4 is 5.32 Å². The molecule has 1 aliphatic heterocycles. The molecule has 2 amide bonds. The summed E-state index contributed by atoms with van der Waals surface area (Å²) >= 11 is 0. The fourth-order valence-corrected chi connectivity index (χ4v) is 2.37. The summed E-state index contributed by atoms with van der Waals surface area (Å²) in [5, 5.41) is 2.46.